The number of pyridine rings is 1. The van der Waals surface area contributed by atoms with Crippen molar-refractivity contribution in [1.82, 2.24) is 30.0 Å². The smallest absolute Gasteiger partial charge is 0.253 e. The van der Waals surface area contributed by atoms with Crippen LogP contribution in [0.3, 0.4) is 0 Å². The molecule has 0 unspecified atom stereocenters. The van der Waals surface area contributed by atoms with Crippen LogP contribution in [0.25, 0.3) is 33.2 Å². The lowest BCUT2D eigenvalue weighted by molar-refractivity contribution is 0.0952. The highest BCUT2D eigenvalue weighted by Crippen LogP contribution is 2.36. The predicted octanol–water partition coefficient (Wildman–Crippen LogP) is 4.92. The number of rotatable bonds is 6. The maximum absolute atomic E-state index is 12.8. The number of para-hydroxylation sites is 1. The van der Waals surface area contributed by atoms with Gasteiger partial charge in [0.1, 0.15) is 17.8 Å². The number of anilines is 1. The van der Waals surface area contributed by atoms with Gasteiger partial charge in [0.15, 0.2) is 5.65 Å². The van der Waals surface area contributed by atoms with Gasteiger partial charge in [-0.2, -0.15) is 5.10 Å². The summed E-state index contributed by atoms with van der Waals surface area (Å²) in [5.74, 6) is 0.291. The van der Waals surface area contributed by atoms with E-state index in [1.165, 1.54) is 37.5 Å². The monoisotopic (exact) mass is 553 g/mol. The van der Waals surface area contributed by atoms with Crippen LogP contribution >= 0.6 is 11.9 Å². The molecule has 11 heteroatoms. The molecule has 0 radical (unpaired) electrons. The van der Waals surface area contributed by atoms with Crippen molar-refractivity contribution in [3.63, 3.8) is 0 Å². The van der Waals surface area contributed by atoms with Gasteiger partial charge < -0.3 is 16.8 Å². The van der Waals surface area contributed by atoms with E-state index in [0.29, 0.717) is 29.5 Å². The van der Waals surface area contributed by atoms with Crippen LogP contribution in [0.1, 0.15) is 47.6 Å². The molecule has 0 spiro atoms. The number of benzene rings is 2. The SMILES string of the molecule is CS/N=C/N.Nc1ncnc2c1c(-c1ccc(CNC(=O)c3cccc4cccnc34)cc1)nn2C1CCCC1. The van der Waals surface area contributed by atoms with Gasteiger partial charge in [0.05, 0.1) is 28.8 Å². The molecule has 1 fully saturated rings. The van der Waals surface area contributed by atoms with Crippen LogP contribution in [-0.2, 0) is 6.54 Å². The topological polar surface area (TPSA) is 150 Å². The van der Waals surface area contributed by atoms with Crippen LogP contribution in [0.4, 0.5) is 5.82 Å². The molecule has 3 aromatic heterocycles. The zero-order valence-corrected chi connectivity index (χ0v) is 23.0. The van der Waals surface area contributed by atoms with E-state index in [4.69, 9.17) is 16.6 Å². The largest absolute Gasteiger partial charge is 0.389 e. The summed E-state index contributed by atoms with van der Waals surface area (Å²) in [5, 5.41) is 9.68. The summed E-state index contributed by atoms with van der Waals surface area (Å²) in [4.78, 5) is 25.9. The highest BCUT2D eigenvalue weighted by Gasteiger charge is 2.24. The van der Waals surface area contributed by atoms with E-state index in [0.717, 1.165) is 46.1 Å². The van der Waals surface area contributed by atoms with Crippen molar-refractivity contribution in [3.8, 4) is 11.3 Å². The number of carbonyl (C=O) groups excluding carboxylic acids is 1. The number of nitrogens with two attached hydrogens (primary N) is 2. The molecule has 2 aromatic carbocycles. The van der Waals surface area contributed by atoms with Crippen LogP contribution < -0.4 is 16.8 Å². The molecule has 6 rings (SSSR count). The Hall–Kier alpha value is -4.51. The Labute approximate surface area is 236 Å². The Morgan fingerprint density at radius 3 is 2.60 bits per heavy atom. The van der Waals surface area contributed by atoms with Crippen molar-refractivity contribution in [1.29, 1.82) is 0 Å². The molecule has 1 amide bonds. The Kier molecular flexibility index (Phi) is 8.50. The van der Waals surface area contributed by atoms with Crippen LogP contribution in [-0.4, -0.2) is 43.2 Å². The fourth-order valence-corrected chi connectivity index (χ4v) is 5.13. The fourth-order valence-electron chi connectivity index (χ4n) is 5.01. The molecule has 1 saturated carbocycles. The molecule has 1 aliphatic rings. The van der Waals surface area contributed by atoms with Gasteiger partial charge in [-0.3, -0.25) is 9.78 Å². The second-order valence-corrected chi connectivity index (χ2v) is 9.96. The lowest BCUT2D eigenvalue weighted by Crippen LogP contribution is -2.23. The Balaban J connectivity index is 0.000000595. The summed E-state index contributed by atoms with van der Waals surface area (Å²) in [6.45, 7) is 0.408. The van der Waals surface area contributed by atoms with Crippen LogP contribution in [0, 0.1) is 0 Å². The average Bonchev–Trinajstić information content (AvgIpc) is 3.66. The van der Waals surface area contributed by atoms with Crippen LogP contribution in [0.15, 0.2) is 71.5 Å². The molecule has 5 aromatic rings. The van der Waals surface area contributed by atoms with Gasteiger partial charge in [-0.25, -0.2) is 19.0 Å². The van der Waals surface area contributed by atoms with Crippen molar-refractivity contribution in [2.45, 2.75) is 38.3 Å². The van der Waals surface area contributed by atoms with Gasteiger partial charge in [-0.05, 0) is 42.5 Å². The molecule has 10 nitrogen and oxygen atoms in total. The number of nitrogens with one attached hydrogen (secondary N) is 1. The lowest BCUT2D eigenvalue weighted by atomic mass is 10.1. The summed E-state index contributed by atoms with van der Waals surface area (Å²) < 4.78 is 5.57. The van der Waals surface area contributed by atoms with Gasteiger partial charge in [-0.1, -0.05) is 55.3 Å². The number of nitrogen functional groups attached to an aromatic ring is 1. The quantitative estimate of drug-likeness (QED) is 0.152. The zero-order valence-electron chi connectivity index (χ0n) is 22.2. The highest BCUT2D eigenvalue weighted by molar-refractivity contribution is 7.97. The lowest BCUT2D eigenvalue weighted by Gasteiger charge is -2.10. The molecule has 0 aliphatic heterocycles. The second kappa shape index (κ2) is 12.6. The number of hydrogen-bond acceptors (Lipinski definition) is 8. The third-order valence-corrected chi connectivity index (χ3v) is 7.25. The number of hydrogen-bond donors (Lipinski definition) is 3. The van der Waals surface area contributed by atoms with Gasteiger partial charge in [0.25, 0.3) is 5.91 Å². The Morgan fingerprint density at radius 2 is 1.88 bits per heavy atom. The predicted molar refractivity (Wildman–Crippen MR) is 162 cm³/mol. The third kappa shape index (κ3) is 5.74. The molecular weight excluding hydrogens is 522 g/mol. The van der Waals surface area contributed by atoms with Crippen molar-refractivity contribution >= 4 is 51.9 Å². The average molecular weight is 554 g/mol. The number of nitrogens with zero attached hydrogens (tertiary/aromatic N) is 6. The van der Waals surface area contributed by atoms with E-state index in [2.05, 4.69) is 24.7 Å². The van der Waals surface area contributed by atoms with E-state index in [-0.39, 0.29) is 5.91 Å². The minimum absolute atomic E-state index is 0.149. The minimum atomic E-state index is -0.149. The van der Waals surface area contributed by atoms with Gasteiger partial charge in [-0.15, -0.1) is 0 Å². The molecular formula is C29H31N9OS. The number of carbonyl (C=O) groups is 1. The molecule has 3 heterocycles. The first kappa shape index (κ1) is 27.1. The first-order chi connectivity index (χ1) is 19.6. The normalized spacial score (nSPS) is 13.5. The fraction of sp³-hybridized carbons (Fsp3) is 0.241. The van der Waals surface area contributed by atoms with Crippen molar-refractivity contribution in [2.75, 3.05) is 12.0 Å². The summed E-state index contributed by atoms with van der Waals surface area (Å²) in [5.41, 5.74) is 15.9. The van der Waals surface area contributed by atoms with E-state index in [1.807, 2.05) is 59.5 Å². The minimum Gasteiger partial charge on any atom is -0.389 e. The first-order valence-corrected chi connectivity index (χ1v) is 14.3. The van der Waals surface area contributed by atoms with Crippen molar-refractivity contribution in [3.05, 3.63) is 78.2 Å². The zero-order chi connectivity index (χ0) is 27.9. The maximum Gasteiger partial charge on any atom is 0.253 e. The molecule has 0 bridgehead atoms. The Morgan fingerprint density at radius 1 is 1.10 bits per heavy atom. The van der Waals surface area contributed by atoms with Gasteiger partial charge in [0.2, 0.25) is 0 Å². The molecule has 5 N–H and O–H groups in total. The van der Waals surface area contributed by atoms with E-state index < -0.39 is 0 Å². The van der Waals surface area contributed by atoms with Crippen molar-refractivity contribution in [2.24, 2.45) is 10.1 Å². The van der Waals surface area contributed by atoms with Crippen LogP contribution in [0.5, 0.6) is 0 Å². The van der Waals surface area contributed by atoms with Gasteiger partial charge >= 0.3 is 0 Å². The summed E-state index contributed by atoms with van der Waals surface area (Å²) in [6.07, 6.45) is 10.9. The molecule has 204 valence electrons. The number of aromatic nitrogens is 5. The first-order valence-electron chi connectivity index (χ1n) is 13.1. The van der Waals surface area contributed by atoms with Crippen molar-refractivity contribution < 1.29 is 4.79 Å². The maximum atomic E-state index is 12.8. The highest BCUT2D eigenvalue weighted by atomic mass is 32.2. The second-order valence-electron chi connectivity index (χ2n) is 9.39. The number of fused-ring (bicyclic) bond motifs is 2. The van der Waals surface area contributed by atoms with Gasteiger partial charge in [0, 0.05) is 29.9 Å². The summed E-state index contributed by atoms with van der Waals surface area (Å²) in [6, 6.07) is 17.8. The van der Waals surface area contributed by atoms with E-state index in [1.54, 1.807) is 12.3 Å². The molecule has 40 heavy (non-hydrogen) atoms. The molecule has 1 aliphatic carbocycles. The summed E-state index contributed by atoms with van der Waals surface area (Å²) in [7, 11) is 0. The third-order valence-electron chi connectivity index (χ3n) is 6.91. The standard InChI is InChI=1S/C27H25N7O.C2H6N2S/c28-25-22-24(33-34(20-7-1-2-8-20)26(22)32-16-31-25)19-12-10-17(11-13-19)15-30-27(35)21-9-3-5-18-6-4-14-29-23(18)21;1-5-4-2-3/h3-6,9-14,16,20H,1-2,7-8,15H2,(H,30,35)(H2,28,31,32);2H,1H3,(H2,3,4). The van der Waals surface area contributed by atoms with E-state index in [9.17, 15) is 4.79 Å². The number of amides is 1. The molecule has 0 saturated heterocycles. The van der Waals surface area contributed by atoms with Crippen LogP contribution in [0.2, 0.25) is 0 Å². The van der Waals surface area contributed by atoms with E-state index >= 15 is 0 Å². The summed E-state index contributed by atoms with van der Waals surface area (Å²) >= 11 is 1.35. The molecule has 0 atom stereocenters. The Bertz CT molecular complexity index is 1640.